The lowest BCUT2D eigenvalue weighted by Gasteiger charge is -2.12. The fourth-order valence-electron chi connectivity index (χ4n) is 3.25. The van der Waals surface area contributed by atoms with Gasteiger partial charge in [-0.25, -0.2) is 18.1 Å². The van der Waals surface area contributed by atoms with Gasteiger partial charge in [0.2, 0.25) is 10.0 Å². The molecule has 30 heavy (non-hydrogen) atoms. The van der Waals surface area contributed by atoms with Crippen LogP contribution in [0.1, 0.15) is 29.6 Å². The number of nitrogens with one attached hydrogen (secondary N) is 2. The number of aromatic nitrogens is 2. The molecule has 1 saturated carbocycles. The molecule has 0 spiro atoms. The first-order valence-corrected chi connectivity index (χ1v) is 11.3. The van der Waals surface area contributed by atoms with Crippen molar-refractivity contribution in [2.75, 3.05) is 13.7 Å². The van der Waals surface area contributed by atoms with Gasteiger partial charge in [0.25, 0.3) is 5.91 Å². The van der Waals surface area contributed by atoms with Crippen LogP contribution in [-0.4, -0.2) is 43.6 Å². The van der Waals surface area contributed by atoms with Crippen molar-refractivity contribution in [2.24, 2.45) is 0 Å². The van der Waals surface area contributed by atoms with Crippen molar-refractivity contribution in [3.63, 3.8) is 0 Å². The molecule has 0 radical (unpaired) electrons. The van der Waals surface area contributed by atoms with Crippen molar-refractivity contribution < 1.29 is 17.9 Å². The summed E-state index contributed by atoms with van der Waals surface area (Å²) in [5, 5.41) is 2.85. The molecule has 1 heterocycles. The summed E-state index contributed by atoms with van der Waals surface area (Å²) >= 11 is 0. The van der Waals surface area contributed by atoms with Gasteiger partial charge in [0.1, 0.15) is 10.6 Å². The number of imidazole rings is 1. The van der Waals surface area contributed by atoms with Crippen LogP contribution < -0.4 is 14.8 Å². The summed E-state index contributed by atoms with van der Waals surface area (Å²) in [4.78, 5) is 16.9. The predicted octanol–water partition coefficient (Wildman–Crippen LogP) is 2.31. The maximum atomic E-state index is 12.6. The zero-order valence-corrected chi connectivity index (χ0v) is 17.5. The number of carbonyl (C=O) groups excluding carboxylic acids is 1. The molecule has 1 amide bonds. The molecule has 0 unspecified atom stereocenters. The summed E-state index contributed by atoms with van der Waals surface area (Å²) in [5.74, 6) is -0.109. The summed E-state index contributed by atoms with van der Waals surface area (Å²) in [5.41, 5.74) is 2.27. The van der Waals surface area contributed by atoms with Crippen LogP contribution in [0.4, 0.5) is 0 Å². The monoisotopic (exact) mass is 428 g/mol. The van der Waals surface area contributed by atoms with Crippen molar-refractivity contribution in [3.05, 3.63) is 54.4 Å². The van der Waals surface area contributed by atoms with Crippen LogP contribution in [0.25, 0.3) is 11.0 Å². The van der Waals surface area contributed by atoms with Gasteiger partial charge < -0.3 is 14.6 Å². The van der Waals surface area contributed by atoms with E-state index in [9.17, 15) is 13.2 Å². The Morgan fingerprint density at radius 2 is 2.03 bits per heavy atom. The minimum Gasteiger partial charge on any atom is -0.495 e. The van der Waals surface area contributed by atoms with Crippen molar-refractivity contribution in [1.29, 1.82) is 0 Å². The van der Waals surface area contributed by atoms with Gasteiger partial charge in [-0.3, -0.25) is 4.79 Å². The highest BCUT2D eigenvalue weighted by atomic mass is 32.2. The van der Waals surface area contributed by atoms with Crippen LogP contribution in [0, 0.1) is 0 Å². The number of methoxy groups -OCH3 is 1. The lowest BCUT2D eigenvalue weighted by atomic mass is 10.2. The number of hydrogen-bond acceptors (Lipinski definition) is 5. The molecule has 4 rings (SSSR count). The van der Waals surface area contributed by atoms with E-state index in [0.717, 1.165) is 30.3 Å². The Hall–Kier alpha value is -2.91. The molecule has 0 aliphatic heterocycles. The Labute approximate surface area is 175 Å². The summed E-state index contributed by atoms with van der Waals surface area (Å²) in [6, 6.07) is 12.3. The van der Waals surface area contributed by atoms with Crippen LogP contribution in [0.2, 0.25) is 0 Å². The number of nitrogens with zero attached hydrogens (tertiary/aromatic N) is 2. The van der Waals surface area contributed by atoms with Crippen molar-refractivity contribution in [3.8, 4) is 5.75 Å². The zero-order chi connectivity index (χ0) is 21.1. The van der Waals surface area contributed by atoms with E-state index in [-0.39, 0.29) is 28.2 Å². The van der Waals surface area contributed by atoms with Gasteiger partial charge >= 0.3 is 0 Å². The zero-order valence-electron chi connectivity index (χ0n) is 16.7. The van der Waals surface area contributed by atoms with E-state index in [2.05, 4.69) is 15.0 Å². The third kappa shape index (κ3) is 4.47. The minimum atomic E-state index is -3.74. The number of sulfonamides is 1. The van der Waals surface area contributed by atoms with Crippen LogP contribution in [0.15, 0.2) is 53.7 Å². The lowest BCUT2D eigenvalue weighted by molar-refractivity contribution is 0.0952. The first kappa shape index (κ1) is 20.4. The standard InChI is InChI=1S/C21H24N4O4S/c1-29-19-10-7-15(13-20(19)30(27,28)24-16-8-9-16)21(26)22-11-4-12-25-14-23-17-5-2-3-6-18(17)25/h2-3,5-7,10,13-14,16,24H,4,8-9,11-12H2,1H3,(H,22,26). The van der Waals surface area contributed by atoms with E-state index in [0.29, 0.717) is 13.1 Å². The highest BCUT2D eigenvalue weighted by Crippen LogP contribution is 2.28. The Morgan fingerprint density at radius 1 is 1.23 bits per heavy atom. The molecule has 1 aliphatic rings. The molecule has 158 valence electrons. The van der Waals surface area contributed by atoms with Crippen molar-refractivity contribution in [1.82, 2.24) is 19.6 Å². The van der Waals surface area contributed by atoms with Crippen LogP contribution >= 0.6 is 0 Å². The first-order valence-electron chi connectivity index (χ1n) is 9.86. The van der Waals surface area contributed by atoms with E-state index in [1.807, 2.05) is 28.8 Å². The number of aryl methyl sites for hydroxylation is 1. The van der Waals surface area contributed by atoms with Gasteiger partial charge in [-0.1, -0.05) is 12.1 Å². The quantitative estimate of drug-likeness (QED) is 0.509. The number of hydrogen-bond donors (Lipinski definition) is 2. The minimum absolute atomic E-state index is 0.0190. The van der Waals surface area contributed by atoms with E-state index >= 15 is 0 Å². The molecular weight excluding hydrogens is 404 g/mol. The fourth-order valence-corrected chi connectivity index (χ4v) is 4.75. The number of fused-ring (bicyclic) bond motifs is 1. The third-order valence-corrected chi connectivity index (χ3v) is 6.54. The molecule has 0 saturated heterocycles. The van der Waals surface area contributed by atoms with E-state index in [1.54, 1.807) is 12.4 Å². The lowest BCUT2D eigenvalue weighted by Crippen LogP contribution is -2.28. The van der Waals surface area contributed by atoms with Crippen LogP contribution in [0.3, 0.4) is 0 Å². The maximum Gasteiger partial charge on any atom is 0.251 e. The topological polar surface area (TPSA) is 102 Å². The molecule has 1 aromatic heterocycles. The second kappa shape index (κ2) is 8.45. The van der Waals surface area contributed by atoms with Crippen LogP contribution in [-0.2, 0) is 16.6 Å². The van der Waals surface area contributed by atoms with Gasteiger partial charge in [0.05, 0.1) is 24.5 Å². The Morgan fingerprint density at radius 3 is 2.80 bits per heavy atom. The summed E-state index contributed by atoms with van der Waals surface area (Å²) < 4.78 is 35.1. The fraction of sp³-hybridized carbons (Fsp3) is 0.333. The Kier molecular flexibility index (Phi) is 5.74. The van der Waals surface area contributed by atoms with E-state index in [4.69, 9.17) is 4.74 Å². The van der Waals surface area contributed by atoms with Gasteiger partial charge in [-0.15, -0.1) is 0 Å². The summed E-state index contributed by atoms with van der Waals surface area (Å²) in [7, 11) is -2.33. The molecular formula is C21H24N4O4S. The first-order chi connectivity index (χ1) is 14.5. The molecule has 2 aromatic carbocycles. The number of para-hydroxylation sites is 2. The van der Waals surface area contributed by atoms with E-state index in [1.165, 1.54) is 19.2 Å². The number of benzene rings is 2. The van der Waals surface area contributed by atoms with E-state index < -0.39 is 10.0 Å². The summed E-state index contributed by atoms with van der Waals surface area (Å²) in [6.45, 7) is 1.17. The molecule has 2 N–H and O–H groups in total. The third-order valence-electron chi connectivity index (χ3n) is 5.00. The normalized spacial score (nSPS) is 14.0. The SMILES string of the molecule is COc1ccc(C(=O)NCCCn2cnc3ccccc32)cc1S(=O)(=O)NC1CC1. The maximum absolute atomic E-state index is 12.6. The highest BCUT2D eigenvalue weighted by Gasteiger charge is 2.30. The number of rotatable bonds is 9. The number of amides is 1. The largest absolute Gasteiger partial charge is 0.495 e. The summed E-state index contributed by atoms with van der Waals surface area (Å²) in [6.07, 6.45) is 4.17. The number of ether oxygens (including phenoxy) is 1. The van der Waals surface area contributed by atoms with Gasteiger partial charge in [0.15, 0.2) is 0 Å². The second-order valence-corrected chi connectivity index (χ2v) is 8.98. The van der Waals surface area contributed by atoms with Crippen molar-refractivity contribution >= 4 is 27.0 Å². The predicted molar refractivity (Wildman–Crippen MR) is 113 cm³/mol. The van der Waals surface area contributed by atoms with Crippen LogP contribution in [0.5, 0.6) is 5.75 Å². The average molecular weight is 429 g/mol. The van der Waals surface area contributed by atoms with Gasteiger partial charge in [0, 0.05) is 24.7 Å². The molecule has 1 aliphatic carbocycles. The van der Waals surface area contributed by atoms with Crippen molar-refractivity contribution in [2.45, 2.75) is 36.7 Å². The van der Waals surface area contributed by atoms with Gasteiger partial charge in [-0.05, 0) is 49.6 Å². The molecule has 0 bridgehead atoms. The Bertz CT molecular complexity index is 1170. The molecule has 1 fully saturated rings. The Balaban J connectivity index is 1.39. The molecule has 8 nitrogen and oxygen atoms in total. The van der Waals surface area contributed by atoms with Gasteiger partial charge in [-0.2, -0.15) is 0 Å². The highest BCUT2D eigenvalue weighted by molar-refractivity contribution is 7.89. The average Bonchev–Trinajstić information content (AvgIpc) is 3.46. The molecule has 3 aromatic rings. The molecule has 9 heteroatoms. The smallest absolute Gasteiger partial charge is 0.251 e. The molecule has 0 atom stereocenters. The second-order valence-electron chi connectivity index (χ2n) is 7.30. The number of carbonyl (C=O) groups is 1.